The molecule has 4 rings (SSSR count). The Morgan fingerprint density at radius 1 is 1.10 bits per heavy atom. The molecule has 7 nitrogen and oxygen atoms in total. The Hall–Kier alpha value is -3.00. The van der Waals surface area contributed by atoms with Gasteiger partial charge in [0.15, 0.2) is 6.61 Å². The number of rotatable bonds is 5. The fourth-order valence-corrected chi connectivity index (χ4v) is 4.41. The molecule has 2 heterocycles. The summed E-state index contributed by atoms with van der Waals surface area (Å²) in [6.45, 7) is 7.63. The lowest BCUT2D eigenvalue weighted by Gasteiger charge is -2.09. The molecule has 2 aromatic heterocycles. The molecule has 1 aliphatic rings. The van der Waals surface area contributed by atoms with Crippen LogP contribution in [-0.4, -0.2) is 28.4 Å². The number of hydrogen-bond acceptors (Lipinski definition) is 6. The number of aromatic nitrogens is 2. The predicted molar refractivity (Wildman–Crippen MR) is 116 cm³/mol. The van der Waals surface area contributed by atoms with Crippen LogP contribution in [0.15, 0.2) is 18.2 Å². The van der Waals surface area contributed by atoms with E-state index in [1.165, 1.54) is 11.3 Å². The first-order chi connectivity index (χ1) is 14.3. The highest BCUT2D eigenvalue weighted by molar-refractivity contribution is 7.20. The molecular weight excluding hydrogens is 400 g/mol. The van der Waals surface area contributed by atoms with Gasteiger partial charge in [0.2, 0.25) is 0 Å². The zero-order chi connectivity index (χ0) is 21.4. The highest BCUT2D eigenvalue weighted by Crippen LogP contribution is 2.40. The highest BCUT2D eigenvalue weighted by atomic mass is 32.1. The van der Waals surface area contributed by atoms with E-state index in [0.29, 0.717) is 16.5 Å². The summed E-state index contributed by atoms with van der Waals surface area (Å²) in [6, 6.07) is 5.63. The van der Waals surface area contributed by atoms with E-state index in [4.69, 9.17) is 4.74 Å². The first-order valence-electron chi connectivity index (χ1n) is 9.90. The van der Waals surface area contributed by atoms with Gasteiger partial charge in [-0.1, -0.05) is 6.07 Å². The smallest absolute Gasteiger partial charge is 0.280 e. The Morgan fingerprint density at radius 3 is 2.57 bits per heavy atom. The Morgan fingerprint density at radius 2 is 1.87 bits per heavy atom. The number of hydrazine groups is 1. The minimum Gasteiger partial charge on any atom is -0.484 e. The standard InChI is InChI=1S/C22H24N4O3S/c1-11-5-8-16(9-12(11)2)29-10-17(27)25-26-21(28)19-13(3)18-14(4)23-20(15-6-7-15)24-22(18)30-19/h5,8-9,15H,6-7,10H2,1-4H3,(H,25,27)(H,26,28). The lowest BCUT2D eigenvalue weighted by molar-refractivity contribution is -0.123. The molecule has 0 unspecified atom stereocenters. The molecule has 0 atom stereocenters. The number of nitrogens with one attached hydrogen (secondary N) is 2. The number of carbonyl (C=O) groups excluding carboxylic acids is 2. The molecule has 1 aromatic carbocycles. The second kappa shape index (κ2) is 8.02. The zero-order valence-electron chi connectivity index (χ0n) is 17.5. The van der Waals surface area contributed by atoms with Crippen LogP contribution in [0.4, 0.5) is 0 Å². The summed E-state index contributed by atoms with van der Waals surface area (Å²) in [5.41, 5.74) is 8.84. The van der Waals surface area contributed by atoms with Crippen LogP contribution >= 0.6 is 11.3 Å². The van der Waals surface area contributed by atoms with Crippen LogP contribution in [-0.2, 0) is 4.79 Å². The van der Waals surface area contributed by atoms with Crippen molar-refractivity contribution in [2.45, 2.75) is 46.5 Å². The van der Waals surface area contributed by atoms with Crippen molar-refractivity contribution in [3.63, 3.8) is 0 Å². The van der Waals surface area contributed by atoms with Crippen molar-refractivity contribution in [2.24, 2.45) is 0 Å². The topological polar surface area (TPSA) is 93.2 Å². The quantitative estimate of drug-likeness (QED) is 0.610. The van der Waals surface area contributed by atoms with Crippen molar-refractivity contribution in [1.29, 1.82) is 0 Å². The molecule has 156 valence electrons. The van der Waals surface area contributed by atoms with E-state index in [2.05, 4.69) is 20.8 Å². The van der Waals surface area contributed by atoms with Crippen LogP contribution in [0.3, 0.4) is 0 Å². The van der Waals surface area contributed by atoms with Crippen LogP contribution < -0.4 is 15.6 Å². The van der Waals surface area contributed by atoms with E-state index in [1.807, 2.05) is 45.9 Å². The van der Waals surface area contributed by atoms with Crippen molar-refractivity contribution in [1.82, 2.24) is 20.8 Å². The van der Waals surface area contributed by atoms with Crippen molar-refractivity contribution in [3.8, 4) is 5.75 Å². The largest absolute Gasteiger partial charge is 0.484 e. The van der Waals surface area contributed by atoms with Gasteiger partial charge >= 0.3 is 0 Å². The fraction of sp³-hybridized carbons (Fsp3) is 0.364. The molecular formula is C22H24N4O3S. The number of ether oxygens (including phenoxy) is 1. The summed E-state index contributed by atoms with van der Waals surface area (Å²) in [7, 11) is 0. The summed E-state index contributed by atoms with van der Waals surface area (Å²) in [4.78, 5) is 35.3. The molecule has 3 aromatic rings. The van der Waals surface area contributed by atoms with Crippen molar-refractivity contribution in [2.75, 3.05) is 6.61 Å². The number of carbonyl (C=O) groups is 2. The summed E-state index contributed by atoms with van der Waals surface area (Å²) < 4.78 is 5.49. The van der Waals surface area contributed by atoms with Gasteiger partial charge in [-0.05, 0) is 69.4 Å². The minimum absolute atomic E-state index is 0.191. The predicted octanol–water partition coefficient (Wildman–Crippen LogP) is 3.64. The molecule has 1 aliphatic carbocycles. The molecule has 0 aliphatic heterocycles. The second-order valence-corrected chi connectivity index (χ2v) is 8.71. The highest BCUT2D eigenvalue weighted by Gasteiger charge is 2.28. The second-order valence-electron chi connectivity index (χ2n) is 7.71. The molecule has 2 amide bonds. The Balaban J connectivity index is 1.39. The van der Waals surface area contributed by atoms with Gasteiger partial charge in [-0.25, -0.2) is 9.97 Å². The van der Waals surface area contributed by atoms with Gasteiger partial charge in [-0.2, -0.15) is 0 Å². The molecule has 2 N–H and O–H groups in total. The zero-order valence-corrected chi connectivity index (χ0v) is 18.3. The van der Waals surface area contributed by atoms with Crippen molar-refractivity contribution < 1.29 is 14.3 Å². The van der Waals surface area contributed by atoms with Gasteiger partial charge in [0.1, 0.15) is 16.4 Å². The molecule has 0 bridgehead atoms. The average molecular weight is 425 g/mol. The Bertz CT molecular complexity index is 1150. The lowest BCUT2D eigenvalue weighted by Crippen LogP contribution is -2.43. The van der Waals surface area contributed by atoms with Gasteiger partial charge < -0.3 is 4.74 Å². The number of amides is 2. The SMILES string of the molecule is Cc1ccc(OCC(=O)NNC(=O)c2sc3nc(C4CC4)nc(C)c3c2C)cc1C. The monoisotopic (exact) mass is 424 g/mol. The Labute approximate surface area is 178 Å². The van der Waals surface area contributed by atoms with Gasteiger partial charge in [0.25, 0.3) is 11.8 Å². The third-order valence-electron chi connectivity index (χ3n) is 5.30. The molecule has 1 fully saturated rings. The maximum absolute atomic E-state index is 12.6. The first-order valence-corrected chi connectivity index (χ1v) is 10.7. The van der Waals surface area contributed by atoms with Crippen molar-refractivity contribution >= 4 is 33.4 Å². The van der Waals surface area contributed by atoms with E-state index >= 15 is 0 Å². The molecule has 30 heavy (non-hydrogen) atoms. The first kappa shape index (κ1) is 20.3. The molecule has 1 saturated carbocycles. The molecule has 0 spiro atoms. The summed E-state index contributed by atoms with van der Waals surface area (Å²) in [5.74, 6) is 1.12. The van der Waals surface area contributed by atoms with Crippen LogP contribution in [0.1, 0.15) is 56.6 Å². The van der Waals surface area contributed by atoms with E-state index in [0.717, 1.165) is 51.3 Å². The van der Waals surface area contributed by atoms with Crippen LogP contribution in [0.25, 0.3) is 10.2 Å². The molecule has 0 saturated heterocycles. The maximum Gasteiger partial charge on any atom is 0.280 e. The number of hydrogen-bond donors (Lipinski definition) is 2. The van der Waals surface area contributed by atoms with Gasteiger partial charge in [-0.15, -0.1) is 11.3 Å². The van der Waals surface area contributed by atoms with Gasteiger partial charge in [0.05, 0.1) is 10.6 Å². The summed E-state index contributed by atoms with van der Waals surface area (Å²) in [6.07, 6.45) is 2.25. The minimum atomic E-state index is -0.438. The average Bonchev–Trinajstić information content (AvgIpc) is 3.50. The number of benzene rings is 1. The number of aryl methyl sites for hydroxylation is 4. The van der Waals surface area contributed by atoms with E-state index in [1.54, 1.807) is 0 Å². The number of fused-ring (bicyclic) bond motifs is 1. The van der Waals surface area contributed by atoms with Crippen LogP contribution in [0, 0.1) is 27.7 Å². The third-order valence-corrected chi connectivity index (χ3v) is 6.49. The summed E-state index contributed by atoms with van der Waals surface area (Å²) >= 11 is 1.32. The molecule has 8 heteroatoms. The van der Waals surface area contributed by atoms with Crippen LogP contribution in [0.2, 0.25) is 0 Å². The normalized spacial score (nSPS) is 13.3. The van der Waals surface area contributed by atoms with Gasteiger partial charge in [0, 0.05) is 11.3 Å². The van der Waals surface area contributed by atoms with E-state index in [-0.39, 0.29) is 12.5 Å². The van der Waals surface area contributed by atoms with Gasteiger partial charge in [-0.3, -0.25) is 20.4 Å². The Kier molecular flexibility index (Phi) is 5.42. The lowest BCUT2D eigenvalue weighted by atomic mass is 10.1. The van der Waals surface area contributed by atoms with E-state index < -0.39 is 5.91 Å². The fourth-order valence-electron chi connectivity index (χ4n) is 3.27. The number of thiophene rings is 1. The van der Waals surface area contributed by atoms with E-state index in [9.17, 15) is 9.59 Å². The molecule has 0 radical (unpaired) electrons. The van der Waals surface area contributed by atoms with Crippen molar-refractivity contribution in [3.05, 3.63) is 51.3 Å². The third kappa shape index (κ3) is 4.14. The summed E-state index contributed by atoms with van der Waals surface area (Å²) in [5, 5.41) is 0.916. The maximum atomic E-state index is 12.6. The van der Waals surface area contributed by atoms with Crippen LogP contribution in [0.5, 0.6) is 5.75 Å². The number of nitrogens with zero attached hydrogens (tertiary/aromatic N) is 2.